The van der Waals surface area contributed by atoms with Gasteiger partial charge < -0.3 is 14.5 Å². The maximum absolute atomic E-state index is 14.2. The van der Waals surface area contributed by atoms with Crippen LogP contribution in [-0.4, -0.2) is 62.9 Å². The molecule has 41 heavy (non-hydrogen) atoms. The molecule has 0 radical (unpaired) electrons. The minimum absolute atomic E-state index is 0.0132. The SMILES string of the molecule is C[C@H](N(Cc1ccc(F)cc1)C(=O)CN1CO[C@]2(C(=O)Cc3cc(-c4c(F)ncnc4F)ccc32)C1=O)C(F)(F)F. The molecule has 14 heteroatoms. The van der Waals surface area contributed by atoms with Crippen molar-refractivity contribution >= 4 is 17.6 Å². The molecule has 3 aromatic rings. The van der Waals surface area contributed by atoms with Crippen molar-refractivity contribution in [2.75, 3.05) is 13.3 Å². The first-order valence-corrected chi connectivity index (χ1v) is 12.2. The predicted molar refractivity (Wildman–Crippen MR) is 128 cm³/mol. The average Bonchev–Trinajstić information content (AvgIpc) is 3.38. The van der Waals surface area contributed by atoms with Gasteiger partial charge in [0.25, 0.3) is 5.91 Å². The molecular formula is C27H20F6N4O4. The normalized spacial score (nSPS) is 19.1. The number of aromatic nitrogens is 2. The van der Waals surface area contributed by atoms with Gasteiger partial charge in [0, 0.05) is 18.5 Å². The van der Waals surface area contributed by atoms with Crippen molar-refractivity contribution in [3.05, 3.63) is 83.2 Å². The number of fused-ring (bicyclic) bond motifs is 2. The van der Waals surface area contributed by atoms with Crippen LogP contribution in [-0.2, 0) is 37.7 Å². The molecule has 1 saturated heterocycles. The van der Waals surface area contributed by atoms with Crippen molar-refractivity contribution in [3.8, 4) is 11.1 Å². The van der Waals surface area contributed by atoms with E-state index >= 15 is 0 Å². The third kappa shape index (κ3) is 4.92. The second-order valence-corrected chi connectivity index (χ2v) is 9.63. The molecule has 2 aliphatic rings. The third-order valence-electron chi connectivity index (χ3n) is 7.15. The molecule has 0 N–H and O–H groups in total. The van der Waals surface area contributed by atoms with Gasteiger partial charge in [0.2, 0.25) is 23.4 Å². The molecule has 2 amide bonds. The van der Waals surface area contributed by atoms with Crippen LogP contribution >= 0.6 is 0 Å². The van der Waals surface area contributed by atoms with Gasteiger partial charge in [-0.05, 0) is 41.8 Å². The molecule has 1 aliphatic heterocycles. The molecule has 0 bridgehead atoms. The Hall–Kier alpha value is -4.33. The molecule has 5 rings (SSSR count). The summed E-state index contributed by atoms with van der Waals surface area (Å²) in [5, 5.41) is 0. The van der Waals surface area contributed by atoms with Gasteiger partial charge in [-0.1, -0.05) is 24.3 Å². The fourth-order valence-corrected chi connectivity index (χ4v) is 4.96. The van der Waals surface area contributed by atoms with Gasteiger partial charge in [-0.15, -0.1) is 0 Å². The number of hydrogen-bond acceptors (Lipinski definition) is 6. The number of carbonyl (C=O) groups excluding carboxylic acids is 3. The fourth-order valence-electron chi connectivity index (χ4n) is 4.96. The van der Waals surface area contributed by atoms with Gasteiger partial charge in [-0.25, -0.2) is 14.4 Å². The first kappa shape index (κ1) is 28.2. The fraction of sp³-hybridized carbons (Fsp3) is 0.296. The van der Waals surface area contributed by atoms with E-state index in [0.717, 1.165) is 24.0 Å². The molecule has 214 valence electrons. The van der Waals surface area contributed by atoms with E-state index in [-0.39, 0.29) is 28.7 Å². The topological polar surface area (TPSA) is 92.7 Å². The Morgan fingerprint density at radius 3 is 2.37 bits per heavy atom. The average molecular weight is 578 g/mol. The Morgan fingerprint density at radius 1 is 1.07 bits per heavy atom. The number of ketones is 1. The number of rotatable bonds is 6. The number of carbonyl (C=O) groups is 3. The van der Waals surface area contributed by atoms with Gasteiger partial charge in [-0.3, -0.25) is 14.4 Å². The van der Waals surface area contributed by atoms with E-state index in [4.69, 9.17) is 4.74 Å². The van der Waals surface area contributed by atoms with Crippen LogP contribution in [0.25, 0.3) is 11.1 Å². The Labute approximate surface area is 228 Å². The summed E-state index contributed by atoms with van der Waals surface area (Å²) in [5.74, 6) is -5.61. The Kier molecular flexibility index (Phi) is 7.05. The van der Waals surface area contributed by atoms with Crippen LogP contribution in [0.2, 0.25) is 0 Å². The zero-order valence-corrected chi connectivity index (χ0v) is 21.2. The standard InChI is InChI=1S/C27H20F6N4O4/c1-14(27(31,32)33)37(10-15-2-5-18(28)6-3-15)21(39)11-36-13-41-26(25(36)40)19-7-4-16(8-17(19)9-20(26)38)22-23(29)34-12-35-24(22)30/h2-8,12,14H,9-11,13H2,1H3/t14-,26+/m0/s1. The lowest BCUT2D eigenvalue weighted by molar-refractivity contribution is -0.187. The summed E-state index contributed by atoms with van der Waals surface area (Å²) in [6, 6.07) is 6.15. The molecule has 2 heterocycles. The Bertz CT molecular complexity index is 1530. The molecule has 8 nitrogen and oxygen atoms in total. The number of ether oxygens (including phenoxy) is 1. The summed E-state index contributed by atoms with van der Waals surface area (Å²) in [4.78, 5) is 47.7. The summed E-state index contributed by atoms with van der Waals surface area (Å²) in [5.41, 5.74) is -2.12. The molecule has 0 saturated carbocycles. The van der Waals surface area contributed by atoms with Gasteiger partial charge in [0.1, 0.15) is 31.5 Å². The van der Waals surface area contributed by atoms with Crippen molar-refractivity contribution in [1.82, 2.24) is 19.8 Å². The maximum atomic E-state index is 14.2. The number of nitrogens with zero attached hydrogens (tertiary/aromatic N) is 4. The second-order valence-electron chi connectivity index (χ2n) is 9.63. The monoisotopic (exact) mass is 578 g/mol. The molecule has 2 atom stereocenters. The minimum atomic E-state index is -4.80. The van der Waals surface area contributed by atoms with Crippen LogP contribution in [0.5, 0.6) is 0 Å². The maximum Gasteiger partial charge on any atom is 0.408 e. The molecular weight excluding hydrogens is 558 g/mol. The number of benzene rings is 2. The Morgan fingerprint density at radius 2 is 1.73 bits per heavy atom. The van der Waals surface area contributed by atoms with Gasteiger partial charge >= 0.3 is 6.18 Å². The summed E-state index contributed by atoms with van der Waals surface area (Å²) in [7, 11) is 0. The zero-order chi connectivity index (χ0) is 29.7. The molecule has 2 aromatic carbocycles. The lowest BCUT2D eigenvalue weighted by atomic mass is 9.92. The number of alkyl halides is 3. The second kappa shape index (κ2) is 10.3. The quantitative estimate of drug-likeness (QED) is 0.252. The summed E-state index contributed by atoms with van der Waals surface area (Å²) in [6.45, 7) is -1.14. The van der Waals surface area contributed by atoms with E-state index in [1.165, 1.54) is 30.3 Å². The predicted octanol–water partition coefficient (Wildman–Crippen LogP) is 3.68. The number of amides is 2. The molecule has 1 aliphatic carbocycles. The van der Waals surface area contributed by atoms with Crippen molar-refractivity contribution < 1.29 is 45.5 Å². The first-order valence-electron chi connectivity index (χ1n) is 12.2. The van der Waals surface area contributed by atoms with E-state index in [1.807, 2.05) is 0 Å². The summed E-state index contributed by atoms with van der Waals surface area (Å²) >= 11 is 0. The third-order valence-corrected chi connectivity index (χ3v) is 7.15. The lowest BCUT2D eigenvalue weighted by Crippen LogP contribution is -2.51. The number of hydrogen-bond donors (Lipinski definition) is 0. The highest BCUT2D eigenvalue weighted by atomic mass is 19.4. The van der Waals surface area contributed by atoms with Gasteiger partial charge in [0.05, 0.1) is 5.56 Å². The number of Topliss-reactive ketones (excluding diaryl/α,β-unsaturated/α-hetero) is 1. The van der Waals surface area contributed by atoms with E-state index in [9.17, 15) is 40.7 Å². The highest BCUT2D eigenvalue weighted by molar-refractivity contribution is 6.15. The first-order chi connectivity index (χ1) is 19.3. The van der Waals surface area contributed by atoms with Crippen molar-refractivity contribution in [2.24, 2.45) is 0 Å². The highest BCUT2D eigenvalue weighted by Gasteiger charge is 2.59. The van der Waals surface area contributed by atoms with Crippen LogP contribution in [0.15, 0.2) is 48.8 Å². The molecule has 0 unspecified atom stereocenters. The van der Waals surface area contributed by atoms with E-state index in [1.54, 1.807) is 0 Å². The largest absolute Gasteiger partial charge is 0.408 e. The van der Waals surface area contributed by atoms with Gasteiger partial charge in [-0.2, -0.15) is 22.0 Å². The molecule has 1 spiro atoms. The molecule has 1 fully saturated rings. The van der Waals surface area contributed by atoms with Crippen LogP contribution in [0.4, 0.5) is 26.3 Å². The summed E-state index contributed by atoms with van der Waals surface area (Å²) in [6.07, 6.45) is -4.43. The van der Waals surface area contributed by atoms with Crippen LogP contribution in [0, 0.1) is 17.7 Å². The zero-order valence-electron chi connectivity index (χ0n) is 21.2. The van der Waals surface area contributed by atoms with Crippen molar-refractivity contribution in [1.29, 1.82) is 0 Å². The van der Waals surface area contributed by atoms with Gasteiger partial charge in [0.15, 0.2) is 5.78 Å². The number of halogens is 6. The van der Waals surface area contributed by atoms with Crippen LogP contribution in [0.3, 0.4) is 0 Å². The lowest BCUT2D eigenvalue weighted by Gasteiger charge is -2.32. The minimum Gasteiger partial charge on any atom is -0.332 e. The molecule has 1 aromatic heterocycles. The summed E-state index contributed by atoms with van der Waals surface area (Å²) < 4.78 is 88.1. The van der Waals surface area contributed by atoms with E-state index in [2.05, 4.69) is 9.97 Å². The van der Waals surface area contributed by atoms with E-state index in [0.29, 0.717) is 11.2 Å². The Balaban J connectivity index is 1.40. The van der Waals surface area contributed by atoms with Crippen molar-refractivity contribution in [2.45, 2.75) is 37.7 Å². The smallest absolute Gasteiger partial charge is 0.332 e. The highest BCUT2D eigenvalue weighted by Crippen LogP contribution is 2.44. The van der Waals surface area contributed by atoms with Crippen molar-refractivity contribution in [3.63, 3.8) is 0 Å². The van der Waals surface area contributed by atoms with Crippen LogP contribution < -0.4 is 0 Å². The van der Waals surface area contributed by atoms with E-state index < -0.39 is 78.5 Å². The van der Waals surface area contributed by atoms with Crippen LogP contribution in [0.1, 0.15) is 23.6 Å².